The third-order valence-electron chi connectivity index (χ3n) is 1.10. The number of aliphatic hydroxyl groups is 1. The van der Waals surface area contributed by atoms with E-state index in [1.54, 1.807) is 0 Å². The largest absolute Gasteiger partial charge is 0.394 e. The van der Waals surface area contributed by atoms with E-state index in [-0.39, 0.29) is 6.61 Å². The summed E-state index contributed by atoms with van der Waals surface area (Å²) in [6.45, 7) is -0.369. The fourth-order valence-corrected chi connectivity index (χ4v) is 0.402. The molecular formula is C5H12N2O3. The lowest BCUT2D eigenvalue weighted by Crippen LogP contribution is -2.43. The predicted molar refractivity (Wildman–Crippen MR) is 34.8 cm³/mol. The van der Waals surface area contributed by atoms with Gasteiger partial charge in [0.05, 0.1) is 13.7 Å². The van der Waals surface area contributed by atoms with Crippen LogP contribution in [0.15, 0.2) is 0 Å². The second-order valence-corrected chi connectivity index (χ2v) is 1.81. The summed E-state index contributed by atoms with van der Waals surface area (Å²) in [6.07, 6.45) is 0. The van der Waals surface area contributed by atoms with Gasteiger partial charge in [0.1, 0.15) is 6.04 Å². The molecule has 0 bridgehead atoms. The summed E-state index contributed by atoms with van der Waals surface area (Å²) in [5, 5.41) is 9.39. The molecule has 0 aliphatic rings. The predicted octanol–water partition coefficient (Wildman–Crippen LogP) is -1.67. The first-order valence-corrected chi connectivity index (χ1v) is 2.81. The minimum absolute atomic E-state index is 0.369. The lowest BCUT2D eigenvalue weighted by Gasteiger charge is -2.16. The van der Waals surface area contributed by atoms with Crippen LogP contribution in [0.1, 0.15) is 0 Å². The van der Waals surface area contributed by atoms with Gasteiger partial charge in [0, 0.05) is 7.05 Å². The van der Waals surface area contributed by atoms with Crippen LogP contribution in [0.2, 0.25) is 0 Å². The Balaban J connectivity index is 3.82. The van der Waals surface area contributed by atoms with Gasteiger partial charge in [-0.25, -0.2) is 5.06 Å². The van der Waals surface area contributed by atoms with Crippen molar-refractivity contribution in [1.29, 1.82) is 0 Å². The van der Waals surface area contributed by atoms with Crippen molar-refractivity contribution in [3.8, 4) is 0 Å². The van der Waals surface area contributed by atoms with Gasteiger partial charge in [-0.05, 0) is 0 Å². The van der Waals surface area contributed by atoms with E-state index in [9.17, 15) is 4.79 Å². The lowest BCUT2D eigenvalue weighted by molar-refractivity contribution is -0.170. The van der Waals surface area contributed by atoms with Gasteiger partial charge in [-0.2, -0.15) is 0 Å². The number of amides is 1. The molecule has 0 heterocycles. The standard InChI is InChI=1S/C5H12N2O3/c1-7(10-2)5(9)4(6)3-8/h4,8H,3,6H2,1-2H3. The van der Waals surface area contributed by atoms with Crippen LogP contribution in [-0.2, 0) is 9.63 Å². The van der Waals surface area contributed by atoms with Gasteiger partial charge in [-0.15, -0.1) is 0 Å². The Morgan fingerprint density at radius 2 is 2.40 bits per heavy atom. The van der Waals surface area contributed by atoms with Crippen molar-refractivity contribution in [2.75, 3.05) is 20.8 Å². The van der Waals surface area contributed by atoms with E-state index in [1.807, 2.05) is 0 Å². The molecule has 10 heavy (non-hydrogen) atoms. The van der Waals surface area contributed by atoms with Gasteiger partial charge in [-0.3, -0.25) is 9.63 Å². The second kappa shape index (κ2) is 4.21. The summed E-state index contributed by atoms with van der Waals surface area (Å²) in [5.74, 6) is -0.440. The fraction of sp³-hybridized carbons (Fsp3) is 0.800. The summed E-state index contributed by atoms with van der Waals surface area (Å²) in [4.78, 5) is 15.3. The average Bonchev–Trinajstić information content (AvgIpc) is 2.00. The Kier molecular flexibility index (Phi) is 3.94. The van der Waals surface area contributed by atoms with Gasteiger partial charge in [0.15, 0.2) is 0 Å². The summed E-state index contributed by atoms with van der Waals surface area (Å²) in [7, 11) is 2.78. The van der Waals surface area contributed by atoms with Crippen molar-refractivity contribution in [2.45, 2.75) is 6.04 Å². The highest BCUT2D eigenvalue weighted by molar-refractivity contribution is 5.80. The zero-order chi connectivity index (χ0) is 8.15. The number of nitrogens with two attached hydrogens (primary N) is 1. The molecule has 1 unspecified atom stereocenters. The summed E-state index contributed by atoms with van der Waals surface area (Å²) in [6, 6.07) is -0.884. The Hall–Kier alpha value is -0.650. The molecule has 3 N–H and O–H groups in total. The Labute approximate surface area is 59.3 Å². The van der Waals surface area contributed by atoms with Crippen molar-refractivity contribution in [1.82, 2.24) is 5.06 Å². The first-order valence-electron chi connectivity index (χ1n) is 2.81. The SMILES string of the molecule is CON(C)C(=O)C(N)CO. The van der Waals surface area contributed by atoms with E-state index >= 15 is 0 Å². The second-order valence-electron chi connectivity index (χ2n) is 1.81. The molecule has 0 spiro atoms. The fourth-order valence-electron chi connectivity index (χ4n) is 0.402. The molecule has 5 heteroatoms. The van der Waals surface area contributed by atoms with Crippen LogP contribution >= 0.6 is 0 Å². The van der Waals surface area contributed by atoms with Crippen LogP contribution in [-0.4, -0.2) is 42.9 Å². The van der Waals surface area contributed by atoms with Crippen molar-refractivity contribution >= 4 is 5.91 Å². The topological polar surface area (TPSA) is 75.8 Å². The molecule has 0 aromatic carbocycles. The molecule has 5 nitrogen and oxygen atoms in total. The number of hydrogen-bond donors (Lipinski definition) is 2. The average molecular weight is 148 g/mol. The minimum Gasteiger partial charge on any atom is -0.394 e. The van der Waals surface area contributed by atoms with E-state index in [0.29, 0.717) is 0 Å². The molecule has 0 aliphatic heterocycles. The van der Waals surface area contributed by atoms with Crippen LogP contribution in [0.4, 0.5) is 0 Å². The van der Waals surface area contributed by atoms with Crippen molar-refractivity contribution < 1.29 is 14.7 Å². The molecule has 0 aromatic rings. The maximum atomic E-state index is 10.8. The van der Waals surface area contributed by atoms with E-state index in [0.717, 1.165) is 5.06 Å². The highest BCUT2D eigenvalue weighted by Crippen LogP contribution is 1.87. The van der Waals surface area contributed by atoms with Crippen LogP contribution in [0.5, 0.6) is 0 Å². The number of rotatable bonds is 3. The maximum absolute atomic E-state index is 10.8. The molecular weight excluding hydrogens is 136 g/mol. The van der Waals surface area contributed by atoms with Crippen molar-refractivity contribution in [2.24, 2.45) is 5.73 Å². The molecule has 0 saturated heterocycles. The lowest BCUT2D eigenvalue weighted by atomic mass is 10.3. The molecule has 0 saturated carbocycles. The molecule has 0 rings (SSSR count). The normalized spacial score (nSPS) is 12.8. The van der Waals surface area contributed by atoms with Gasteiger partial charge in [0.25, 0.3) is 5.91 Å². The zero-order valence-electron chi connectivity index (χ0n) is 6.07. The Morgan fingerprint density at radius 3 is 2.70 bits per heavy atom. The molecule has 0 aromatic heterocycles. The van der Waals surface area contributed by atoms with Crippen molar-refractivity contribution in [3.05, 3.63) is 0 Å². The van der Waals surface area contributed by atoms with Crippen molar-refractivity contribution in [3.63, 3.8) is 0 Å². The zero-order valence-corrected chi connectivity index (χ0v) is 6.07. The van der Waals surface area contributed by atoms with Crippen LogP contribution in [0.3, 0.4) is 0 Å². The minimum atomic E-state index is -0.884. The third-order valence-corrected chi connectivity index (χ3v) is 1.10. The van der Waals surface area contributed by atoms with Crippen LogP contribution < -0.4 is 5.73 Å². The monoisotopic (exact) mass is 148 g/mol. The number of hydroxylamine groups is 2. The number of carbonyl (C=O) groups excluding carboxylic acids is 1. The van der Waals surface area contributed by atoms with E-state index in [4.69, 9.17) is 10.8 Å². The molecule has 1 amide bonds. The Bertz CT molecular complexity index is 105. The first-order chi connectivity index (χ1) is 4.63. The number of likely N-dealkylation sites (N-methyl/N-ethyl adjacent to an activating group) is 1. The number of hydrogen-bond acceptors (Lipinski definition) is 4. The maximum Gasteiger partial charge on any atom is 0.265 e. The number of aliphatic hydroxyl groups excluding tert-OH is 1. The van der Waals surface area contributed by atoms with E-state index in [1.165, 1.54) is 14.2 Å². The van der Waals surface area contributed by atoms with Gasteiger partial charge in [0.2, 0.25) is 0 Å². The summed E-state index contributed by atoms with van der Waals surface area (Å²) in [5.41, 5.74) is 5.17. The molecule has 0 fully saturated rings. The molecule has 1 atom stereocenters. The smallest absolute Gasteiger partial charge is 0.265 e. The Morgan fingerprint density at radius 1 is 1.90 bits per heavy atom. The number of carbonyl (C=O) groups is 1. The first kappa shape index (κ1) is 9.35. The summed E-state index contributed by atoms with van der Waals surface area (Å²) < 4.78 is 0. The molecule has 60 valence electrons. The van der Waals surface area contributed by atoms with Crippen LogP contribution in [0, 0.1) is 0 Å². The van der Waals surface area contributed by atoms with E-state index in [2.05, 4.69) is 4.84 Å². The number of nitrogens with zero attached hydrogens (tertiary/aromatic N) is 1. The summed E-state index contributed by atoms with van der Waals surface area (Å²) >= 11 is 0. The van der Waals surface area contributed by atoms with E-state index < -0.39 is 11.9 Å². The highest BCUT2D eigenvalue weighted by Gasteiger charge is 2.15. The van der Waals surface area contributed by atoms with Gasteiger partial charge >= 0.3 is 0 Å². The quantitative estimate of drug-likeness (QED) is 0.469. The van der Waals surface area contributed by atoms with Gasteiger partial charge in [-0.1, -0.05) is 0 Å². The van der Waals surface area contributed by atoms with Crippen LogP contribution in [0.25, 0.3) is 0 Å². The molecule has 0 aliphatic carbocycles. The third kappa shape index (κ3) is 2.30. The molecule has 0 radical (unpaired) electrons. The highest BCUT2D eigenvalue weighted by atomic mass is 16.7. The van der Waals surface area contributed by atoms with Gasteiger partial charge < -0.3 is 10.8 Å².